The van der Waals surface area contributed by atoms with E-state index >= 15 is 0 Å². The first-order valence-corrected chi connectivity index (χ1v) is 10.9. The zero-order chi connectivity index (χ0) is 20.6. The van der Waals surface area contributed by atoms with E-state index in [2.05, 4.69) is 23.3 Å². The van der Waals surface area contributed by atoms with E-state index in [9.17, 15) is 9.59 Å². The van der Waals surface area contributed by atoms with Gasteiger partial charge in [-0.15, -0.1) is 11.3 Å². The van der Waals surface area contributed by atoms with Crippen LogP contribution in [0.15, 0.2) is 30.3 Å². The number of benzene rings is 1. The summed E-state index contributed by atoms with van der Waals surface area (Å²) in [5, 5.41) is 12.4. The number of anilines is 2. The second-order valence-corrected chi connectivity index (χ2v) is 8.33. The van der Waals surface area contributed by atoms with Crippen molar-refractivity contribution in [2.24, 2.45) is 5.92 Å². The predicted octanol–water partition coefficient (Wildman–Crippen LogP) is 4.32. The molecule has 0 saturated heterocycles. The molecule has 0 saturated carbocycles. The minimum Gasteiger partial charge on any atom is -0.311 e. The number of rotatable bonds is 8. The topological polar surface area (TPSA) is 86.1 Å². The monoisotopic (exact) mass is 410 g/mol. The summed E-state index contributed by atoms with van der Waals surface area (Å²) in [5.41, 5.74) is 1.85. The lowest BCUT2D eigenvalue weighted by Gasteiger charge is -2.21. The molecule has 1 aliphatic rings. The zero-order valence-corrected chi connectivity index (χ0v) is 17.5. The van der Waals surface area contributed by atoms with E-state index in [-0.39, 0.29) is 31.1 Å². The van der Waals surface area contributed by atoms with Crippen LogP contribution in [0.1, 0.15) is 49.6 Å². The molecule has 0 fully saturated rings. The molecule has 7 heteroatoms. The maximum absolute atomic E-state index is 12.7. The lowest BCUT2D eigenvalue weighted by atomic mass is 9.89. The minimum absolute atomic E-state index is 0.0924. The third-order valence-electron chi connectivity index (χ3n) is 5.25. The molecule has 1 N–H and O–H groups in total. The van der Waals surface area contributed by atoms with E-state index in [4.69, 9.17) is 5.26 Å². The summed E-state index contributed by atoms with van der Waals surface area (Å²) in [6.07, 6.45) is 4.78. The molecule has 1 aromatic carbocycles. The van der Waals surface area contributed by atoms with E-state index < -0.39 is 0 Å². The van der Waals surface area contributed by atoms with Gasteiger partial charge in [-0.2, -0.15) is 5.26 Å². The van der Waals surface area contributed by atoms with Crippen LogP contribution in [-0.4, -0.2) is 23.3 Å². The van der Waals surface area contributed by atoms with Gasteiger partial charge < -0.3 is 10.2 Å². The van der Waals surface area contributed by atoms with Crippen molar-refractivity contribution in [1.82, 2.24) is 4.98 Å². The molecule has 0 spiro atoms. The van der Waals surface area contributed by atoms with Gasteiger partial charge in [0.15, 0.2) is 5.13 Å². The first kappa shape index (κ1) is 21.0. The number of thiazole rings is 1. The summed E-state index contributed by atoms with van der Waals surface area (Å²) < 4.78 is 0. The summed E-state index contributed by atoms with van der Waals surface area (Å²) >= 11 is 1.56. The molecule has 3 rings (SSSR count). The molecule has 1 atom stereocenters. The van der Waals surface area contributed by atoms with Gasteiger partial charge in [0.05, 0.1) is 18.2 Å². The van der Waals surface area contributed by atoms with Gasteiger partial charge in [0.2, 0.25) is 11.8 Å². The molecular weight excluding hydrogens is 384 g/mol. The number of fused-ring (bicyclic) bond motifs is 1. The Labute approximate surface area is 175 Å². The molecule has 0 bridgehead atoms. The molecule has 2 aromatic rings. The summed E-state index contributed by atoms with van der Waals surface area (Å²) in [5.74, 6) is 0.345. The standard InChI is InChI=1S/C22H26N4O2S/c1-2-16-9-10-18-19(15-16)29-22(24-18)25-20(27)11-12-21(28)26(14-6-13-23)17-7-4-3-5-8-17/h3-5,7-8,16H,2,6,9-12,14-15H2,1H3,(H,24,25,27). The fraction of sp³-hybridized carbons (Fsp3) is 0.455. The molecular formula is C22H26N4O2S. The Kier molecular flexibility index (Phi) is 7.36. The van der Waals surface area contributed by atoms with Crippen molar-refractivity contribution in [3.05, 3.63) is 40.9 Å². The van der Waals surface area contributed by atoms with Gasteiger partial charge in [-0.1, -0.05) is 31.5 Å². The average molecular weight is 411 g/mol. The average Bonchev–Trinajstić information content (AvgIpc) is 3.14. The maximum atomic E-state index is 12.7. The number of amides is 2. The number of aryl methyl sites for hydroxylation is 1. The highest BCUT2D eigenvalue weighted by molar-refractivity contribution is 7.15. The number of carbonyl (C=O) groups excluding carboxylic acids is 2. The molecule has 1 aromatic heterocycles. The number of aromatic nitrogens is 1. The molecule has 6 nitrogen and oxygen atoms in total. The molecule has 1 unspecified atom stereocenters. The Balaban J connectivity index is 1.55. The predicted molar refractivity (Wildman–Crippen MR) is 115 cm³/mol. The number of nitrogens with zero attached hydrogens (tertiary/aromatic N) is 3. The van der Waals surface area contributed by atoms with Gasteiger partial charge in [-0.05, 0) is 37.3 Å². The molecule has 152 valence electrons. The van der Waals surface area contributed by atoms with Crippen molar-refractivity contribution in [3.63, 3.8) is 0 Å². The number of nitrogens with one attached hydrogen (secondary N) is 1. The quantitative estimate of drug-likeness (QED) is 0.702. The lowest BCUT2D eigenvalue weighted by Crippen LogP contribution is -2.32. The van der Waals surface area contributed by atoms with Crippen LogP contribution in [0, 0.1) is 17.2 Å². The van der Waals surface area contributed by atoms with Gasteiger partial charge >= 0.3 is 0 Å². The van der Waals surface area contributed by atoms with Crippen molar-refractivity contribution < 1.29 is 9.59 Å². The Morgan fingerprint density at radius 3 is 2.83 bits per heavy atom. The first-order valence-electron chi connectivity index (χ1n) is 10.1. The highest BCUT2D eigenvalue weighted by atomic mass is 32.1. The van der Waals surface area contributed by atoms with Crippen molar-refractivity contribution >= 4 is 34.0 Å². The number of carbonyl (C=O) groups is 2. The fourth-order valence-electron chi connectivity index (χ4n) is 3.55. The van der Waals surface area contributed by atoms with E-state index in [1.54, 1.807) is 16.2 Å². The Morgan fingerprint density at radius 1 is 1.31 bits per heavy atom. The maximum Gasteiger partial charge on any atom is 0.227 e. The van der Waals surface area contributed by atoms with Gasteiger partial charge in [-0.3, -0.25) is 9.59 Å². The van der Waals surface area contributed by atoms with Gasteiger partial charge in [-0.25, -0.2) is 4.98 Å². The van der Waals surface area contributed by atoms with E-state index in [0.717, 1.165) is 30.6 Å². The molecule has 0 aliphatic heterocycles. The number of para-hydroxylation sites is 1. The molecule has 2 amide bonds. The Hall–Kier alpha value is -2.72. The van der Waals surface area contributed by atoms with Gasteiger partial charge in [0.1, 0.15) is 0 Å². The third kappa shape index (κ3) is 5.64. The highest BCUT2D eigenvalue weighted by Crippen LogP contribution is 2.33. The Morgan fingerprint density at radius 2 is 2.10 bits per heavy atom. The largest absolute Gasteiger partial charge is 0.311 e. The molecule has 1 heterocycles. The van der Waals surface area contributed by atoms with Crippen molar-refractivity contribution in [1.29, 1.82) is 5.26 Å². The minimum atomic E-state index is -0.204. The summed E-state index contributed by atoms with van der Waals surface area (Å²) in [7, 11) is 0. The normalized spacial score (nSPS) is 15.2. The van der Waals surface area contributed by atoms with Gasteiger partial charge in [0, 0.05) is 30.0 Å². The van der Waals surface area contributed by atoms with Crippen LogP contribution in [0.4, 0.5) is 10.8 Å². The number of nitriles is 1. The lowest BCUT2D eigenvalue weighted by molar-refractivity contribution is -0.122. The van der Waals surface area contributed by atoms with Crippen LogP contribution < -0.4 is 10.2 Å². The van der Waals surface area contributed by atoms with Crippen molar-refractivity contribution in [3.8, 4) is 6.07 Å². The smallest absolute Gasteiger partial charge is 0.227 e. The van der Waals surface area contributed by atoms with E-state index in [1.165, 1.54) is 11.3 Å². The number of hydrogen-bond donors (Lipinski definition) is 1. The highest BCUT2D eigenvalue weighted by Gasteiger charge is 2.22. The second-order valence-electron chi connectivity index (χ2n) is 7.24. The van der Waals surface area contributed by atoms with Crippen molar-refractivity contribution in [2.45, 2.75) is 51.9 Å². The van der Waals surface area contributed by atoms with Crippen molar-refractivity contribution in [2.75, 3.05) is 16.8 Å². The second kappa shape index (κ2) is 10.2. The van der Waals surface area contributed by atoms with Crippen LogP contribution in [0.3, 0.4) is 0 Å². The van der Waals surface area contributed by atoms with E-state index in [1.807, 2.05) is 30.3 Å². The van der Waals surface area contributed by atoms with Gasteiger partial charge in [0.25, 0.3) is 0 Å². The third-order valence-corrected chi connectivity index (χ3v) is 6.28. The SMILES string of the molecule is CCC1CCc2nc(NC(=O)CCC(=O)N(CCC#N)c3ccccc3)sc2C1. The first-order chi connectivity index (χ1) is 14.1. The summed E-state index contributed by atoms with van der Waals surface area (Å²) in [6.45, 7) is 2.53. The molecule has 29 heavy (non-hydrogen) atoms. The van der Waals surface area contributed by atoms with Crippen LogP contribution in [-0.2, 0) is 22.4 Å². The Bertz CT molecular complexity index is 888. The fourth-order valence-corrected chi connectivity index (χ4v) is 4.69. The zero-order valence-electron chi connectivity index (χ0n) is 16.7. The van der Waals surface area contributed by atoms with Crippen LogP contribution in [0.25, 0.3) is 0 Å². The molecule has 1 aliphatic carbocycles. The summed E-state index contributed by atoms with van der Waals surface area (Å²) in [6, 6.07) is 11.3. The van der Waals surface area contributed by atoms with E-state index in [0.29, 0.717) is 17.6 Å². The van der Waals surface area contributed by atoms with Crippen LogP contribution in [0.5, 0.6) is 0 Å². The summed E-state index contributed by atoms with van der Waals surface area (Å²) in [4.78, 5) is 32.4. The number of hydrogen-bond acceptors (Lipinski definition) is 5. The molecule has 0 radical (unpaired) electrons. The van der Waals surface area contributed by atoms with Crippen LogP contribution >= 0.6 is 11.3 Å². The van der Waals surface area contributed by atoms with Crippen LogP contribution in [0.2, 0.25) is 0 Å².